The normalized spacial score (nSPS) is 18.1. The summed E-state index contributed by atoms with van der Waals surface area (Å²) in [4.78, 5) is 22.3. The van der Waals surface area contributed by atoms with Gasteiger partial charge in [0.05, 0.1) is 6.04 Å². The Bertz CT molecular complexity index is 2010. The largest absolute Gasteiger partial charge is 0.390 e. The number of aryl methyl sites for hydroxylation is 2. The smallest absolute Gasteiger partial charge is 0.259 e. The second-order valence-corrected chi connectivity index (χ2v) is 17.3. The molecule has 5 aliphatic rings. The van der Waals surface area contributed by atoms with Crippen molar-refractivity contribution in [1.82, 2.24) is 20.0 Å². The molecule has 1 amide bonds. The molecule has 0 radical (unpaired) electrons. The number of hydrogen-bond donors (Lipinski definition) is 1. The summed E-state index contributed by atoms with van der Waals surface area (Å²) in [6, 6.07) is 31.7. The highest BCUT2D eigenvalue weighted by Gasteiger charge is 2.39. The van der Waals surface area contributed by atoms with E-state index in [4.69, 9.17) is 0 Å². The fourth-order valence-electron chi connectivity index (χ4n) is 9.42. The number of allylic oxidation sites excluding steroid dienone is 1. The second kappa shape index (κ2) is 22.0. The van der Waals surface area contributed by atoms with Gasteiger partial charge in [0.25, 0.3) is 5.91 Å². The van der Waals surface area contributed by atoms with Crippen molar-refractivity contribution in [3.8, 4) is 0 Å². The zero-order valence-corrected chi connectivity index (χ0v) is 36.9. The van der Waals surface area contributed by atoms with Crippen LogP contribution in [0.3, 0.4) is 0 Å². The maximum absolute atomic E-state index is 13.2. The number of para-hydroxylation sites is 1. The molecule has 0 aromatic heterocycles. The number of carbonyl (C=O) groups excluding carboxylic acids is 1. The van der Waals surface area contributed by atoms with Crippen LogP contribution in [0, 0.1) is 11.2 Å². The molecule has 4 aromatic carbocycles. The summed E-state index contributed by atoms with van der Waals surface area (Å²) in [5, 5.41) is 3.10. The second-order valence-electron chi connectivity index (χ2n) is 17.3. The van der Waals surface area contributed by atoms with Crippen molar-refractivity contribution in [2.75, 3.05) is 51.7 Å². The number of likely N-dealkylation sites (tertiary alicyclic amines) is 1. The van der Waals surface area contributed by atoms with Crippen LogP contribution >= 0.6 is 0 Å². The van der Waals surface area contributed by atoms with Gasteiger partial charge in [0.1, 0.15) is 5.82 Å². The van der Waals surface area contributed by atoms with E-state index >= 15 is 0 Å². The molecular weight excluding hydrogens is 754 g/mol. The van der Waals surface area contributed by atoms with Crippen molar-refractivity contribution in [3.05, 3.63) is 180 Å². The van der Waals surface area contributed by atoms with E-state index in [1.54, 1.807) is 34.2 Å². The minimum atomic E-state index is -0.178. The van der Waals surface area contributed by atoms with Crippen LogP contribution in [0.4, 0.5) is 10.1 Å². The van der Waals surface area contributed by atoms with E-state index in [0.29, 0.717) is 5.41 Å². The molecule has 0 saturated carbocycles. The molecule has 4 heterocycles. The fraction of sp³-hybridized carbons (Fsp3) is 0.389. The lowest BCUT2D eigenvalue weighted by Crippen LogP contribution is -2.46. The topological polar surface area (TPSA) is 42.1 Å². The van der Waals surface area contributed by atoms with Crippen LogP contribution < -0.4 is 10.2 Å². The molecule has 322 valence electrons. The molecule has 6 nitrogen and oxygen atoms in total. The predicted octanol–water partition coefficient (Wildman–Crippen LogP) is 11.1. The summed E-state index contributed by atoms with van der Waals surface area (Å²) in [6.45, 7) is 23.6. The van der Waals surface area contributed by atoms with Crippen molar-refractivity contribution in [2.45, 2.75) is 83.3 Å². The first-order valence-electron chi connectivity index (χ1n) is 22.4. The fourth-order valence-corrected chi connectivity index (χ4v) is 9.42. The van der Waals surface area contributed by atoms with Gasteiger partial charge in [-0.1, -0.05) is 86.0 Å². The molecular formula is C54H68FN5O. The Labute approximate surface area is 366 Å². The maximum atomic E-state index is 13.2. The summed E-state index contributed by atoms with van der Waals surface area (Å²) in [5.41, 5.74) is 11.0. The molecule has 0 bridgehead atoms. The Balaban J connectivity index is 0.000000152. The van der Waals surface area contributed by atoms with Gasteiger partial charge in [-0.15, -0.1) is 13.2 Å². The average Bonchev–Trinajstić information content (AvgIpc) is 3.81. The van der Waals surface area contributed by atoms with Crippen LogP contribution in [0.1, 0.15) is 89.5 Å². The van der Waals surface area contributed by atoms with Gasteiger partial charge in [0.15, 0.2) is 0 Å². The van der Waals surface area contributed by atoms with Crippen LogP contribution in [-0.2, 0) is 25.9 Å². The Hall–Kier alpha value is -5.24. The van der Waals surface area contributed by atoms with Gasteiger partial charge in [-0.05, 0) is 148 Å². The Morgan fingerprint density at radius 3 is 1.84 bits per heavy atom. The first-order valence-corrected chi connectivity index (χ1v) is 22.4. The Kier molecular flexibility index (Phi) is 16.4. The molecule has 4 aliphatic heterocycles. The monoisotopic (exact) mass is 822 g/mol. The maximum Gasteiger partial charge on any atom is 0.259 e. The van der Waals surface area contributed by atoms with Crippen molar-refractivity contribution < 1.29 is 9.18 Å². The van der Waals surface area contributed by atoms with E-state index in [0.717, 1.165) is 55.0 Å². The van der Waals surface area contributed by atoms with Gasteiger partial charge in [-0.25, -0.2) is 4.39 Å². The van der Waals surface area contributed by atoms with Crippen molar-refractivity contribution in [2.24, 2.45) is 5.41 Å². The predicted molar refractivity (Wildman–Crippen MR) is 254 cm³/mol. The lowest BCUT2D eigenvalue weighted by Gasteiger charge is -2.46. The van der Waals surface area contributed by atoms with Crippen LogP contribution in [0.2, 0.25) is 0 Å². The first-order chi connectivity index (χ1) is 29.6. The summed E-state index contributed by atoms with van der Waals surface area (Å²) >= 11 is 0. The minimum Gasteiger partial charge on any atom is -0.390 e. The minimum absolute atomic E-state index is 0.0143. The number of rotatable bonds is 9. The van der Waals surface area contributed by atoms with Crippen LogP contribution in [-0.4, -0.2) is 73.5 Å². The van der Waals surface area contributed by atoms with E-state index in [2.05, 4.69) is 114 Å². The molecule has 7 heteroatoms. The van der Waals surface area contributed by atoms with Crippen molar-refractivity contribution in [3.63, 3.8) is 0 Å². The molecule has 2 fully saturated rings. The lowest BCUT2D eigenvalue weighted by atomic mass is 9.71. The first kappa shape index (κ1) is 45.3. The third-order valence-corrected chi connectivity index (χ3v) is 13.2. The van der Waals surface area contributed by atoms with Gasteiger partial charge in [0, 0.05) is 68.0 Å². The Morgan fingerprint density at radius 2 is 1.31 bits per heavy atom. The molecule has 4 aromatic rings. The highest BCUT2D eigenvalue weighted by molar-refractivity contribution is 6.09. The average molecular weight is 822 g/mol. The summed E-state index contributed by atoms with van der Waals surface area (Å²) in [5.74, 6) is -0.164. The van der Waals surface area contributed by atoms with Gasteiger partial charge in [-0.2, -0.15) is 0 Å². The quantitative estimate of drug-likeness (QED) is 0.170. The summed E-state index contributed by atoms with van der Waals surface area (Å²) in [7, 11) is 4.09. The molecule has 1 aliphatic carbocycles. The van der Waals surface area contributed by atoms with Gasteiger partial charge in [-0.3, -0.25) is 14.6 Å². The number of carbonyl (C=O) groups is 1. The van der Waals surface area contributed by atoms with E-state index in [1.165, 1.54) is 106 Å². The number of piperidine rings is 2. The molecule has 1 N–H and O–H groups in total. The van der Waals surface area contributed by atoms with E-state index in [-0.39, 0.29) is 17.8 Å². The van der Waals surface area contributed by atoms with Crippen LogP contribution in [0.5, 0.6) is 0 Å². The van der Waals surface area contributed by atoms with Crippen LogP contribution in [0.25, 0.3) is 5.70 Å². The molecule has 9 rings (SSSR count). The van der Waals surface area contributed by atoms with E-state index < -0.39 is 0 Å². The molecule has 1 spiro atoms. The Morgan fingerprint density at radius 1 is 0.770 bits per heavy atom. The number of anilines is 1. The van der Waals surface area contributed by atoms with Gasteiger partial charge >= 0.3 is 0 Å². The van der Waals surface area contributed by atoms with Gasteiger partial charge in [0.2, 0.25) is 0 Å². The zero-order chi connectivity index (χ0) is 43.2. The number of nitrogens with one attached hydrogen (secondary N) is 1. The van der Waals surface area contributed by atoms with E-state index in [9.17, 15) is 9.18 Å². The highest BCUT2D eigenvalue weighted by Crippen LogP contribution is 2.42. The van der Waals surface area contributed by atoms with Crippen molar-refractivity contribution >= 4 is 17.3 Å². The number of likely N-dealkylation sites (N-methyl/N-ethyl adjacent to an activating group) is 1. The SMILES string of the molecule is C=CCCC(C(=C)NC)N1C(=C)c2cc3c(cc2C1=O)CN(CC=C)C3.CN1CCC2(CC1)CCN(c1ccccc1)CC2.Fc1ccccc1.c1ccc2c(c1)CCCC2. The number of fused-ring (bicyclic) bond motifs is 3. The van der Waals surface area contributed by atoms with Gasteiger partial charge < -0.3 is 15.1 Å². The third kappa shape index (κ3) is 11.8. The van der Waals surface area contributed by atoms with E-state index in [1.807, 2.05) is 25.3 Å². The summed E-state index contributed by atoms with van der Waals surface area (Å²) < 4.78 is 11.9. The molecule has 61 heavy (non-hydrogen) atoms. The molecule has 1 unspecified atom stereocenters. The number of hydrogen-bond acceptors (Lipinski definition) is 5. The number of nitrogens with zero attached hydrogens (tertiary/aromatic N) is 4. The highest BCUT2D eigenvalue weighted by atomic mass is 19.1. The zero-order valence-electron chi connectivity index (χ0n) is 36.9. The third-order valence-electron chi connectivity index (χ3n) is 13.2. The number of halogens is 1. The number of benzene rings is 4. The lowest BCUT2D eigenvalue weighted by molar-refractivity contribution is 0.0813. The molecule has 2 saturated heterocycles. The van der Waals surface area contributed by atoms with Crippen LogP contribution in [0.15, 0.2) is 141 Å². The standard InChI is InChI=1S/C22H27N3O.C16H24N2.C10H12.C6H5F/c1-6-8-9-21(15(3)23-5)25-16(4)19-11-17-13-24(10-7-2)14-18(17)12-20(19)22(25)26;1-17-11-7-16(8-12-17)9-13-18(14-10-16)15-5-3-2-4-6-15;1-2-6-10-8-4-3-7-9(10)5-1;7-6-4-2-1-3-5-6/h6-7,11-12,21,23H,1-4,8-10,13-14H2,5H3;2-6H,7-14H2,1H3;1-2,5-6H,3-4,7-8H2;1-5H. The summed E-state index contributed by atoms with van der Waals surface area (Å²) in [6.07, 6.45) is 16.3. The molecule has 1 atom stereocenters. The number of amides is 1. The van der Waals surface area contributed by atoms with Crippen molar-refractivity contribution in [1.29, 1.82) is 0 Å².